The third-order valence-corrected chi connectivity index (χ3v) is 6.16. The van der Waals surface area contributed by atoms with Crippen LogP contribution in [0.25, 0.3) is 22.4 Å². The topological polar surface area (TPSA) is 90.0 Å². The van der Waals surface area contributed by atoms with E-state index in [4.69, 9.17) is 0 Å². The van der Waals surface area contributed by atoms with Crippen LogP contribution >= 0.6 is 0 Å². The molecule has 3 aromatic rings. The number of piperidine rings is 1. The first-order chi connectivity index (χ1) is 14.1. The quantitative estimate of drug-likeness (QED) is 0.630. The number of hydrogen-bond donors (Lipinski definition) is 3. The number of alkyl halides is 1. The van der Waals surface area contributed by atoms with E-state index in [1.807, 2.05) is 24.1 Å². The van der Waals surface area contributed by atoms with E-state index in [1.54, 1.807) is 30.9 Å². The molecule has 2 saturated heterocycles. The minimum Gasteiger partial charge on any atom is -0.507 e. The Morgan fingerprint density at radius 3 is 2.76 bits per heavy atom. The van der Waals surface area contributed by atoms with Crippen molar-refractivity contribution in [3.63, 3.8) is 0 Å². The number of H-pyrrole nitrogens is 1. The van der Waals surface area contributed by atoms with E-state index < -0.39 is 6.17 Å². The molecule has 2 unspecified atom stereocenters. The molecule has 3 N–H and O–H groups in total. The first-order valence-electron chi connectivity index (χ1n) is 9.87. The van der Waals surface area contributed by atoms with Crippen molar-refractivity contribution in [1.29, 1.82) is 0 Å². The lowest BCUT2D eigenvalue weighted by molar-refractivity contribution is 0.176. The monoisotopic (exact) mass is 394 g/mol. The number of fused-ring (bicyclic) bond motifs is 2. The summed E-state index contributed by atoms with van der Waals surface area (Å²) in [4.78, 5) is 10.9. The van der Waals surface area contributed by atoms with Gasteiger partial charge in [-0.1, -0.05) is 6.07 Å². The predicted molar refractivity (Wildman–Crippen MR) is 108 cm³/mol. The Balaban J connectivity index is 1.36. The van der Waals surface area contributed by atoms with Crippen LogP contribution in [0.15, 0.2) is 43.0 Å². The van der Waals surface area contributed by atoms with E-state index >= 15 is 0 Å². The SMILES string of the molecule is CN(c1cnc(-c2ccc(-c3cn[nH]c3)cc2O)cn1)[C@@H]1CC2CCC(N2)[C@H]1F. The maximum Gasteiger partial charge on any atom is 0.147 e. The normalized spacial score (nSPS) is 25.9. The molecular formula is C21H23FN6O. The molecule has 5 rings (SSSR count). The van der Waals surface area contributed by atoms with Gasteiger partial charge < -0.3 is 15.3 Å². The lowest BCUT2D eigenvalue weighted by Gasteiger charge is -2.38. The third kappa shape index (κ3) is 3.23. The van der Waals surface area contributed by atoms with E-state index in [9.17, 15) is 9.50 Å². The minimum atomic E-state index is -0.917. The number of rotatable bonds is 4. The lowest BCUT2D eigenvalue weighted by Crippen LogP contribution is -2.55. The number of halogens is 1. The van der Waals surface area contributed by atoms with Crippen molar-refractivity contribution >= 4 is 5.82 Å². The van der Waals surface area contributed by atoms with Gasteiger partial charge in [0.15, 0.2) is 0 Å². The summed E-state index contributed by atoms with van der Waals surface area (Å²) in [6.07, 6.45) is 8.53. The van der Waals surface area contributed by atoms with E-state index in [-0.39, 0.29) is 17.8 Å². The fraction of sp³-hybridized carbons (Fsp3) is 0.381. The van der Waals surface area contributed by atoms with Gasteiger partial charge in [0.1, 0.15) is 17.7 Å². The fourth-order valence-corrected chi connectivity index (χ4v) is 4.50. The molecule has 150 valence electrons. The van der Waals surface area contributed by atoms with E-state index in [2.05, 4.69) is 25.5 Å². The molecule has 2 fully saturated rings. The van der Waals surface area contributed by atoms with Crippen LogP contribution in [0.2, 0.25) is 0 Å². The molecule has 1 aromatic carbocycles. The van der Waals surface area contributed by atoms with Gasteiger partial charge in [-0.25, -0.2) is 9.37 Å². The molecule has 8 heteroatoms. The largest absolute Gasteiger partial charge is 0.507 e. The van der Waals surface area contributed by atoms with Gasteiger partial charge in [-0.3, -0.25) is 10.1 Å². The summed E-state index contributed by atoms with van der Waals surface area (Å²) >= 11 is 0. The molecule has 29 heavy (non-hydrogen) atoms. The smallest absolute Gasteiger partial charge is 0.147 e. The molecule has 2 aliphatic rings. The molecule has 4 heterocycles. The van der Waals surface area contributed by atoms with Gasteiger partial charge in [0.2, 0.25) is 0 Å². The van der Waals surface area contributed by atoms with Crippen molar-refractivity contribution in [3.05, 3.63) is 43.0 Å². The molecule has 2 aliphatic heterocycles. The van der Waals surface area contributed by atoms with Crippen LogP contribution < -0.4 is 10.2 Å². The number of phenols is 1. The van der Waals surface area contributed by atoms with Crippen LogP contribution in [0.4, 0.5) is 10.2 Å². The van der Waals surface area contributed by atoms with Gasteiger partial charge >= 0.3 is 0 Å². The molecule has 0 radical (unpaired) electrons. The Bertz CT molecular complexity index is 993. The van der Waals surface area contributed by atoms with Gasteiger partial charge in [-0.15, -0.1) is 0 Å². The van der Waals surface area contributed by atoms with E-state index in [0.717, 1.165) is 30.4 Å². The molecule has 0 aliphatic carbocycles. The fourth-order valence-electron chi connectivity index (χ4n) is 4.50. The second kappa shape index (κ2) is 7.11. The van der Waals surface area contributed by atoms with Crippen molar-refractivity contribution in [2.45, 2.75) is 43.6 Å². The highest BCUT2D eigenvalue weighted by molar-refractivity contribution is 5.73. The number of nitrogens with one attached hydrogen (secondary N) is 2. The van der Waals surface area contributed by atoms with Crippen LogP contribution in [0, 0.1) is 0 Å². The summed E-state index contributed by atoms with van der Waals surface area (Å²) in [5.74, 6) is 0.759. The Labute approximate surface area is 168 Å². The number of hydrogen-bond acceptors (Lipinski definition) is 6. The maximum absolute atomic E-state index is 14.8. The van der Waals surface area contributed by atoms with E-state index in [1.165, 1.54) is 0 Å². The average molecular weight is 394 g/mol. The molecule has 4 atom stereocenters. The second-order valence-electron chi connectivity index (χ2n) is 7.88. The molecule has 2 aromatic heterocycles. The summed E-state index contributed by atoms with van der Waals surface area (Å²) in [5.41, 5.74) is 2.92. The maximum atomic E-state index is 14.8. The Hall–Kier alpha value is -3.00. The van der Waals surface area contributed by atoms with Crippen LogP contribution in [0.5, 0.6) is 5.75 Å². The summed E-state index contributed by atoms with van der Waals surface area (Å²) in [5, 5.41) is 20.5. The van der Waals surface area contributed by atoms with Gasteiger partial charge in [0.25, 0.3) is 0 Å². The molecule has 7 nitrogen and oxygen atoms in total. The van der Waals surface area contributed by atoms with Crippen molar-refractivity contribution < 1.29 is 9.50 Å². The summed E-state index contributed by atoms with van der Waals surface area (Å²) in [6, 6.07) is 5.53. The Kier molecular flexibility index (Phi) is 4.43. The number of anilines is 1. The van der Waals surface area contributed by atoms with Crippen LogP contribution in [-0.2, 0) is 0 Å². The number of benzene rings is 1. The predicted octanol–water partition coefficient (Wildman–Crippen LogP) is 2.91. The number of phenolic OH excluding ortho intramolecular Hbond substituents is 1. The van der Waals surface area contributed by atoms with Crippen molar-refractivity contribution in [2.24, 2.45) is 0 Å². The summed E-state index contributed by atoms with van der Waals surface area (Å²) in [6.45, 7) is 0. The number of aromatic amines is 1. The first-order valence-corrected chi connectivity index (χ1v) is 9.87. The van der Waals surface area contributed by atoms with Crippen molar-refractivity contribution in [3.8, 4) is 28.1 Å². The second-order valence-corrected chi connectivity index (χ2v) is 7.88. The number of aromatic hydroxyl groups is 1. The highest BCUT2D eigenvalue weighted by Crippen LogP contribution is 2.34. The molecule has 0 saturated carbocycles. The minimum absolute atomic E-state index is 0.0564. The van der Waals surface area contributed by atoms with Gasteiger partial charge in [0.05, 0.1) is 30.3 Å². The average Bonchev–Trinajstić information content (AvgIpc) is 3.41. The van der Waals surface area contributed by atoms with Crippen molar-refractivity contribution in [2.75, 3.05) is 11.9 Å². The third-order valence-electron chi connectivity index (χ3n) is 6.16. The zero-order valence-corrected chi connectivity index (χ0v) is 16.1. The number of aromatic nitrogens is 4. The first kappa shape index (κ1) is 18.1. The van der Waals surface area contributed by atoms with Gasteiger partial charge in [0, 0.05) is 36.5 Å². The van der Waals surface area contributed by atoms with Crippen molar-refractivity contribution in [1.82, 2.24) is 25.5 Å². The van der Waals surface area contributed by atoms with E-state index in [0.29, 0.717) is 23.1 Å². The van der Waals surface area contributed by atoms with Crippen LogP contribution in [0.1, 0.15) is 19.3 Å². The zero-order valence-electron chi connectivity index (χ0n) is 16.1. The van der Waals surface area contributed by atoms with Crippen LogP contribution in [0.3, 0.4) is 0 Å². The van der Waals surface area contributed by atoms with Gasteiger partial charge in [-0.2, -0.15) is 5.10 Å². The molecule has 0 amide bonds. The molecule has 0 spiro atoms. The molecule has 2 bridgehead atoms. The highest BCUT2D eigenvalue weighted by atomic mass is 19.1. The Morgan fingerprint density at radius 1 is 1.14 bits per heavy atom. The molecular weight excluding hydrogens is 371 g/mol. The summed E-state index contributed by atoms with van der Waals surface area (Å²) < 4.78 is 14.8. The van der Waals surface area contributed by atoms with Gasteiger partial charge in [-0.05, 0) is 37.0 Å². The highest BCUT2D eigenvalue weighted by Gasteiger charge is 2.43. The van der Waals surface area contributed by atoms with Crippen LogP contribution in [-0.4, -0.2) is 56.6 Å². The standard InChI is InChI=1S/C21H23FN6O/c1-28(18-7-14-3-5-16(27-14)21(18)22)20-11-23-17(10-24-20)15-4-2-12(6-19(15)29)13-8-25-26-9-13/h2,4,6,8-11,14,16,18,21,27,29H,3,5,7H2,1H3,(H,25,26)/t14?,16?,18-,21-/m1/s1. The Morgan fingerprint density at radius 2 is 2.03 bits per heavy atom. The number of nitrogens with zero attached hydrogens (tertiary/aromatic N) is 4. The summed E-state index contributed by atoms with van der Waals surface area (Å²) in [7, 11) is 1.88. The zero-order chi connectivity index (χ0) is 20.0. The lowest BCUT2D eigenvalue weighted by atomic mass is 9.96.